The molecule has 6 heteroatoms. The number of rotatable bonds is 2. The lowest BCUT2D eigenvalue weighted by Crippen LogP contribution is -2.39. The summed E-state index contributed by atoms with van der Waals surface area (Å²) in [5, 5.41) is 0. The molecule has 0 radical (unpaired) electrons. The average Bonchev–Trinajstić information content (AvgIpc) is 2.95. The van der Waals surface area contributed by atoms with Crippen LogP contribution in [0, 0.1) is 12.7 Å². The monoisotopic (exact) mass is 369 g/mol. The summed E-state index contributed by atoms with van der Waals surface area (Å²) in [7, 11) is 1.37. The summed E-state index contributed by atoms with van der Waals surface area (Å²) < 4.78 is 19.7. The van der Waals surface area contributed by atoms with Gasteiger partial charge in [0.05, 0.1) is 12.8 Å². The Kier molecular flexibility index (Phi) is 3.61. The molecular weight excluding hydrogens is 357 g/mol. The van der Waals surface area contributed by atoms with Crippen molar-refractivity contribution in [1.29, 1.82) is 0 Å². The molecule has 3 nitrogen and oxygen atoms in total. The summed E-state index contributed by atoms with van der Waals surface area (Å²) in [5.74, 6) is -0.641. The molecule has 1 atom stereocenters. The van der Waals surface area contributed by atoms with Crippen LogP contribution in [0.3, 0.4) is 0 Å². The van der Waals surface area contributed by atoms with E-state index in [0.717, 1.165) is 14.5 Å². The topological polar surface area (TPSA) is 39.2 Å². The number of hydrogen-bond donors (Lipinski definition) is 0. The molecule has 0 unspecified atom stereocenters. The highest BCUT2D eigenvalue weighted by Gasteiger charge is 2.49. The van der Waals surface area contributed by atoms with Gasteiger partial charge in [-0.3, -0.25) is 4.79 Å². The normalized spacial score (nSPS) is 20.4. The fourth-order valence-corrected chi connectivity index (χ4v) is 4.73. The summed E-state index contributed by atoms with van der Waals surface area (Å²) in [6, 6.07) is 4.85. The van der Waals surface area contributed by atoms with E-state index >= 15 is 0 Å². The Balaban J connectivity index is 2.14. The lowest BCUT2D eigenvalue weighted by molar-refractivity contribution is -0.147. The van der Waals surface area contributed by atoms with Crippen molar-refractivity contribution < 1.29 is 13.9 Å². The molecule has 0 saturated carbocycles. The first-order valence-electron chi connectivity index (χ1n) is 6.46. The summed E-state index contributed by atoms with van der Waals surface area (Å²) >= 11 is 4.88. The maximum Gasteiger partial charge on any atom is 0.317 e. The Labute approximate surface area is 134 Å². The molecule has 0 amide bonds. The van der Waals surface area contributed by atoms with Crippen LogP contribution in [0.1, 0.15) is 21.7 Å². The number of fused-ring (bicyclic) bond motifs is 1. The molecule has 0 bridgehead atoms. The van der Waals surface area contributed by atoms with Crippen molar-refractivity contribution >= 4 is 33.2 Å². The fraction of sp³-hybridized carbons (Fsp3) is 0.333. The molecule has 1 aromatic heterocycles. The predicted octanol–water partition coefficient (Wildman–Crippen LogP) is 3.56. The van der Waals surface area contributed by atoms with E-state index in [1.54, 1.807) is 19.1 Å². The lowest BCUT2D eigenvalue weighted by Gasteiger charge is -2.28. The van der Waals surface area contributed by atoms with E-state index in [1.807, 2.05) is 0 Å². The Hall–Kier alpha value is -1.27. The van der Waals surface area contributed by atoms with E-state index in [0.29, 0.717) is 24.0 Å². The molecule has 3 rings (SSSR count). The molecular formula is C15H13BrFNO2S. The fourth-order valence-electron chi connectivity index (χ4n) is 3.02. The number of ether oxygens (including phenoxy) is 1. The summed E-state index contributed by atoms with van der Waals surface area (Å²) in [4.78, 5) is 17.9. The summed E-state index contributed by atoms with van der Waals surface area (Å²) in [6.45, 7) is 1.70. The molecule has 0 fully saturated rings. The number of benzene rings is 1. The Morgan fingerprint density at radius 1 is 1.48 bits per heavy atom. The molecule has 0 saturated heterocycles. The van der Waals surface area contributed by atoms with Crippen LogP contribution >= 0.6 is 27.3 Å². The van der Waals surface area contributed by atoms with Gasteiger partial charge in [0, 0.05) is 17.7 Å². The zero-order chi connectivity index (χ0) is 15.2. The second-order valence-electron chi connectivity index (χ2n) is 5.18. The van der Waals surface area contributed by atoms with Crippen LogP contribution in [0.4, 0.5) is 4.39 Å². The minimum Gasteiger partial charge on any atom is -0.468 e. The van der Waals surface area contributed by atoms with Gasteiger partial charge in [-0.2, -0.15) is 0 Å². The van der Waals surface area contributed by atoms with Crippen molar-refractivity contribution in [2.75, 3.05) is 7.11 Å². The van der Waals surface area contributed by atoms with Gasteiger partial charge >= 0.3 is 5.97 Å². The number of methoxy groups -OCH3 is 1. The van der Waals surface area contributed by atoms with E-state index < -0.39 is 5.41 Å². The predicted molar refractivity (Wildman–Crippen MR) is 82.1 cm³/mol. The van der Waals surface area contributed by atoms with Gasteiger partial charge in [-0.15, -0.1) is 11.3 Å². The maximum atomic E-state index is 13.9. The molecule has 1 heterocycles. The third-order valence-electron chi connectivity index (χ3n) is 4.04. The highest BCUT2D eigenvalue weighted by atomic mass is 79.9. The zero-order valence-electron chi connectivity index (χ0n) is 11.6. The number of carbonyl (C=O) groups is 1. The van der Waals surface area contributed by atoms with Crippen molar-refractivity contribution in [3.63, 3.8) is 0 Å². The highest BCUT2D eigenvalue weighted by Crippen LogP contribution is 2.45. The number of carbonyl (C=O) groups excluding carboxylic acids is 1. The Morgan fingerprint density at radius 3 is 2.90 bits per heavy atom. The second kappa shape index (κ2) is 5.18. The van der Waals surface area contributed by atoms with Crippen LogP contribution in [0.2, 0.25) is 0 Å². The van der Waals surface area contributed by atoms with Gasteiger partial charge < -0.3 is 4.74 Å². The second-order valence-corrected chi connectivity index (χ2v) is 7.54. The van der Waals surface area contributed by atoms with Crippen molar-refractivity contribution in [2.45, 2.75) is 25.2 Å². The maximum absolute atomic E-state index is 13.9. The molecule has 0 aliphatic heterocycles. The minimum absolute atomic E-state index is 0.305. The minimum atomic E-state index is -0.865. The standard InChI is InChI=1S/C15H13BrFNO2S/c1-8-9(4-3-5-10(8)17)15(13(19)20-2)6-11-12(7-15)21-14(16)18-11/h3-5H,6-7H2,1-2H3/t15-/m1/s1. The summed E-state index contributed by atoms with van der Waals surface area (Å²) in [5.41, 5.74) is 1.21. The van der Waals surface area contributed by atoms with Crippen molar-refractivity contribution in [1.82, 2.24) is 4.98 Å². The first-order chi connectivity index (χ1) is 9.98. The van der Waals surface area contributed by atoms with Gasteiger partial charge in [0.25, 0.3) is 0 Å². The van der Waals surface area contributed by atoms with Crippen LogP contribution in [0.25, 0.3) is 0 Å². The van der Waals surface area contributed by atoms with Crippen LogP contribution < -0.4 is 0 Å². The zero-order valence-corrected chi connectivity index (χ0v) is 14.0. The number of hydrogen-bond acceptors (Lipinski definition) is 4. The molecule has 0 spiro atoms. The molecule has 110 valence electrons. The number of nitrogens with zero attached hydrogens (tertiary/aromatic N) is 1. The van der Waals surface area contributed by atoms with Crippen LogP contribution in [0.15, 0.2) is 22.1 Å². The van der Waals surface area contributed by atoms with Gasteiger partial charge in [0.2, 0.25) is 0 Å². The van der Waals surface area contributed by atoms with E-state index in [4.69, 9.17) is 4.74 Å². The van der Waals surface area contributed by atoms with E-state index in [9.17, 15) is 9.18 Å². The number of esters is 1. The van der Waals surface area contributed by atoms with Crippen molar-refractivity contribution in [3.05, 3.63) is 49.6 Å². The third-order valence-corrected chi connectivity index (χ3v) is 5.59. The number of thiazole rings is 1. The Bertz CT molecular complexity index is 705. The average molecular weight is 370 g/mol. The van der Waals surface area contributed by atoms with Crippen molar-refractivity contribution in [3.8, 4) is 0 Å². The van der Waals surface area contributed by atoms with Crippen LogP contribution in [0.5, 0.6) is 0 Å². The van der Waals surface area contributed by atoms with Crippen molar-refractivity contribution in [2.24, 2.45) is 0 Å². The van der Waals surface area contributed by atoms with Gasteiger partial charge in [-0.1, -0.05) is 12.1 Å². The van der Waals surface area contributed by atoms with Crippen LogP contribution in [-0.2, 0) is 27.8 Å². The quantitative estimate of drug-likeness (QED) is 0.759. The van der Waals surface area contributed by atoms with Crippen LogP contribution in [-0.4, -0.2) is 18.1 Å². The van der Waals surface area contributed by atoms with Gasteiger partial charge in [-0.05, 0) is 40.0 Å². The molecule has 1 aromatic carbocycles. The Morgan fingerprint density at radius 2 is 2.24 bits per heavy atom. The van der Waals surface area contributed by atoms with E-state index in [-0.39, 0.29) is 11.8 Å². The van der Waals surface area contributed by atoms with Gasteiger partial charge in [0.15, 0.2) is 3.92 Å². The molecule has 1 aliphatic rings. The smallest absolute Gasteiger partial charge is 0.317 e. The molecule has 0 N–H and O–H groups in total. The first-order valence-corrected chi connectivity index (χ1v) is 8.07. The largest absolute Gasteiger partial charge is 0.468 e. The number of aromatic nitrogens is 1. The SMILES string of the molecule is COC(=O)[C@]1(c2cccc(F)c2C)Cc2nc(Br)sc2C1. The van der Waals surface area contributed by atoms with Gasteiger partial charge in [-0.25, -0.2) is 9.37 Å². The lowest BCUT2D eigenvalue weighted by atomic mass is 9.76. The summed E-state index contributed by atoms with van der Waals surface area (Å²) in [6.07, 6.45) is 0.948. The molecule has 21 heavy (non-hydrogen) atoms. The highest BCUT2D eigenvalue weighted by molar-refractivity contribution is 9.11. The van der Waals surface area contributed by atoms with E-state index in [2.05, 4.69) is 20.9 Å². The van der Waals surface area contributed by atoms with Gasteiger partial charge in [0.1, 0.15) is 11.2 Å². The number of halogens is 2. The van der Waals surface area contributed by atoms with E-state index in [1.165, 1.54) is 24.5 Å². The first kappa shape index (κ1) is 14.7. The molecule has 2 aromatic rings. The molecule has 1 aliphatic carbocycles. The third kappa shape index (κ3) is 2.21.